The van der Waals surface area contributed by atoms with Gasteiger partial charge in [-0.25, -0.2) is 4.98 Å². The molecule has 0 aliphatic rings. The number of aromatic amines is 1. The zero-order valence-corrected chi connectivity index (χ0v) is 8.74. The Balaban J connectivity index is 0.000000336. The molecule has 0 bridgehead atoms. The van der Waals surface area contributed by atoms with Crippen molar-refractivity contribution >= 4 is 7.25 Å². The molecule has 0 amide bonds. The molecule has 0 radical (unpaired) electrons. The van der Waals surface area contributed by atoms with E-state index < -0.39 is 7.25 Å². The fourth-order valence-corrected chi connectivity index (χ4v) is 0.985. The van der Waals surface area contributed by atoms with E-state index in [1.807, 2.05) is 0 Å². The molecule has 0 aliphatic heterocycles. The number of aromatic nitrogens is 1. The number of pyridine rings is 1. The van der Waals surface area contributed by atoms with Crippen LogP contribution in [-0.4, -0.2) is 7.25 Å². The van der Waals surface area contributed by atoms with Crippen LogP contribution >= 0.6 is 0 Å². The van der Waals surface area contributed by atoms with Gasteiger partial charge in [-0.3, -0.25) is 0 Å². The molecule has 0 saturated carbocycles. The quantitative estimate of drug-likeness (QED) is 0.540. The first-order valence-corrected chi connectivity index (χ1v) is 4.73. The Kier molecular flexibility index (Phi) is 5.97. The summed E-state index contributed by atoms with van der Waals surface area (Å²) >= 11 is 0. The summed E-state index contributed by atoms with van der Waals surface area (Å²) in [6.45, 7) is 4.34. The molecule has 0 unspecified atom stereocenters. The van der Waals surface area contributed by atoms with Crippen LogP contribution in [0.1, 0.15) is 25.0 Å². The van der Waals surface area contributed by atoms with E-state index in [4.69, 9.17) is 0 Å². The Morgan fingerprint density at radius 2 is 1.33 bits per heavy atom. The van der Waals surface area contributed by atoms with Gasteiger partial charge in [-0.2, -0.15) is 0 Å². The highest BCUT2D eigenvalue weighted by molar-refractivity contribution is 6.50. The lowest BCUT2D eigenvalue weighted by Gasteiger charge is -1.94. The second kappa shape index (κ2) is 6.42. The third kappa shape index (κ3) is 9.24. The predicted molar refractivity (Wildman–Crippen MR) is 51.9 cm³/mol. The summed E-state index contributed by atoms with van der Waals surface area (Å²) in [7, 11) is -6.00. The van der Waals surface area contributed by atoms with Gasteiger partial charge in [-0.05, 0) is 18.9 Å². The van der Waals surface area contributed by atoms with Crippen molar-refractivity contribution in [1.82, 2.24) is 0 Å². The van der Waals surface area contributed by atoms with E-state index in [2.05, 4.69) is 37.3 Å². The average Bonchev–Trinajstić information content (AvgIpc) is 2.15. The molecule has 1 heterocycles. The first-order chi connectivity index (χ1) is 6.86. The minimum atomic E-state index is -6.00. The lowest BCUT2D eigenvalue weighted by Crippen LogP contribution is -2.03. The fraction of sp³-hybridized carbons (Fsp3) is 0.444. The largest absolute Gasteiger partial charge is 0.673 e. The number of rotatable bonds is 2. The highest BCUT2D eigenvalue weighted by Crippen LogP contribution is 2.06. The average molecular weight is 223 g/mol. The summed E-state index contributed by atoms with van der Waals surface area (Å²) in [4.78, 5) is 3.13. The minimum Gasteiger partial charge on any atom is -0.418 e. The number of hydrogen-bond acceptors (Lipinski definition) is 0. The van der Waals surface area contributed by atoms with Gasteiger partial charge in [0.15, 0.2) is 12.4 Å². The molecule has 6 heteroatoms. The van der Waals surface area contributed by atoms with Crippen LogP contribution in [0, 0.1) is 0 Å². The summed E-state index contributed by atoms with van der Waals surface area (Å²) in [5.41, 5.74) is 2.78. The number of nitrogens with one attached hydrogen (secondary N) is 1. The first kappa shape index (κ1) is 13.9. The number of aryl methyl sites for hydroxylation is 2. The summed E-state index contributed by atoms with van der Waals surface area (Å²) in [5.74, 6) is 0. The standard InChI is InChI=1S/C9H13N.BF4/c1-3-8-5-9(4-2)7-10-6-8;2-1(3,4)5/h5-7H,3-4H2,1-2H3;/q;-1/p+1. The van der Waals surface area contributed by atoms with Crippen molar-refractivity contribution in [3.63, 3.8) is 0 Å². The van der Waals surface area contributed by atoms with Gasteiger partial charge < -0.3 is 17.3 Å². The predicted octanol–water partition coefficient (Wildman–Crippen LogP) is 2.93. The SMILES string of the molecule is CCc1c[nH+]cc(CC)c1.F[B-](F)(F)F. The van der Waals surface area contributed by atoms with Crippen LogP contribution in [0.3, 0.4) is 0 Å². The zero-order chi connectivity index (χ0) is 11.9. The molecule has 1 aromatic rings. The molecular formula is C9H14BF4N. The van der Waals surface area contributed by atoms with Crippen molar-refractivity contribution in [2.75, 3.05) is 0 Å². The third-order valence-electron chi connectivity index (χ3n) is 1.72. The molecule has 0 spiro atoms. The van der Waals surface area contributed by atoms with E-state index in [1.54, 1.807) is 0 Å². The van der Waals surface area contributed by atoms with Crippen molar-refractivity contribution in [3.8, 4) is 0 Å². The second-order valence-electron chi connectivity index (χ2n) is 2.95. The highest BCUT2D eigenvalue weighted by Gasteiger charge is 2.20. The van der Waals surface area contributed by atoms with Crippen molar-refractivity contribution < 1.29 is 22.2 Å². The highest BCUT2D eigenvalue weighted by atomic mass is 19.5. The Morgan fingerprint density at radius 3 is 1.60 bits per heavy atom. The van der Waals surface area contributed by atoms with Crippen LogP contribution in [0.4, 0.5) is 17.3 Å². The third-order valence-corrected chi connectivity index (χ3v) is 1.72. The van der Waals surface area contributed by atoms with Crippen molar-refractivity contribution in [1.29, 1.82) is 0 Å². The van der Waals surface area contributed by atoms with Crippen molar-refractivity contribution in [2.24, 2.45) is 0 Å². The molecule has 1 N–H and O–H groups in total. The fourth-order valence-electron chi connectivity index (χ4n) is 0.985. The Morgan fingerprint density at radius 1 is 1.00 bits per heavy atom. The van der Waals surface area contributed by atoms with Gasteiger partial charge in [0.25, 0.3) is 0 Å². The molecular weight excluding hydrogens is 209 g/mol. The topological polar surface area (TPSA) is 14.1 Å². The van der Waals surface area contributed by atoms with Crippen LogP contribution in [0.15, 0.2) is 18.5 Å². The molecule has 0 saturated heterocycles. The molecule has 15 heavy (non-hydrogen) atoms. The van der Waals surface area contributed by atoms with E-state index >= 15 is 0 Å². The van der Waals surface area contributed by atoms with Crippen LogP contribution < -0.4 is 4.98 Å². The molecule has 1 nitrogen and oxygen atoms in total. The van der Waals surface area contributed by atoms with E-state index in [-0.39, 0.29) is 0 Å². The van der Waals surface area contributed by atoms with Gasteiger partial charge in [-0.1, -0.05) is 13.8 Å². The maximum Gasteiger partial charge on any atom is 0.673 e. The summed E-state index contributed by atoms with van der Waals surface area (Å²) in [6.07, 6.45) is 6.34. The molecule has 0 aliphatic carbocycles. The number of hydrogen-bond donors (Lipinski definition) is 0. The molecule has 0 aromatic carbocycles. The van der Waals surface area contributed by atoms with Crippen LogP contribution in [0.2, 0.25) is 0 Å². The Hall–Kier alpha value is -1.07. The lowest BCUT2D eigenvalue weighted by atomic mass is 10.1. The summed E-state index contributed by atoms with van der Waals surface area (Å²) < 4.78 is 39.0. The van der Waals surface area contributed by atoms with E-state index in [0.717, 1.165) is 12.8 Å². The monoisotopic (exact) mass is 223 g/mol. The normalized spacial score (nSPS) is 10.5. The van der Waals surface area contributed by atoms with Gasteiger partial charge in [0.05, 0.1) is 0 Å². The van der Waals surface area contributed by atoms with Gasteiger partial charge in [0.2, 0.25) is 0 Å². The molecule has 1 aromatic heterocycles. The molecule has 0 fully saturated rings. The lowest BCUT2D eigenvalue weighted by molar-refractivity contribution is -0.379. The summed E-state index contributed by atoms with van der Waals surface area (Å²) in [6, 6.07) is 2.25. The number of H-pyrrole nitrogens is 1. The molecule has 86 valence electrons. The smallest absolute Gasteiger partial charge is 0.418 e. The van der Waals surface area contributed by atoms with Crippen molar-refractivity contribution in [2.45, 2.75) is 26.7 Å². The van der Waals surface area contributed by atoms with Crippen LogP contribution in [-0.2, 0) is 12.8 Å². The maximum atomic E-state index is 9.75. The molecule has 0 atom stereocenters. The van der Waals surface area contributed by atoms with Gasteiger partial charge in [0, 0.05) is 11.1 Å². The van der Waals surface area contributed by atoms with E-state index in [9.17, 15) is 17.3 Å². The maximum absolute atomic E-state index is 9.75. The van der Waals surface area contributed by atoms with Gasteiger partial charge in [-0.15, -0.1) is 0 Å². The van der Waals surface area contributed by atoms with Crippen LogP contribution in [0.25, 0.3) is 0 Å². The van der Waals surface area contributed by atoms with Gasteiger partial charge >= 0.3 is 7.25 Å². The molecule has 1 rings (SSSR count). The van der Waals surface area contributed by atoms with Crippen LogP contribution in [0.5, 0.6) is 0 Å². The van der Waals surface area contributed by atoms with Crippen molar-refractivity contribution in [3.05, 3.63) is 29.6 Å². The van der Waals surface area contributed by atoms with E-state index in [1.165, 1.54) is 11.1 Å². The minimum absolute atomic E-state index is 1.12. The zero-order valence-electron chi connectivity index (χ0n) is 8.74. The Labute approximate surface area is 86.6 Å². The number of halogens is 4. The Bertz CT molecular complexity index is 262. The first-order valence-electron chi connectivity index (χ1n) is 4.73. The summed E-state index contributed by atoms with van der Waals surface area (Å²) in [5, 5.41) is 0. The van der Waals surface area contributed by atoms with Gasteiger partial charge in [0.1, 0.15) is 0 Å². The van der Waals surface area contributed by atoms with E-state index in [0.29, 0.717) is 0 Å². The second-order valence-corrected chi connectivity index (χ2v) is 2.95.